The van der Waals surface area contributed by atoms with E-state index in [0.29, 0.717) is 16.8 Å². The Kier molecular flexibility index (Phi) is 10.0. The van der Waals surface area contributed by atoms with E-state index in [9.17, 15) is 9.59 Å². The molecule has 0 heterocycles. The van der Waals surface area contributed by atoms with Crippen molar-refractivity contribution < 1.29 is 19.5 Å². The van der Waals surface area contributed by atoms with Gasteiger partial charge in [-0.15, -0.1) is 0 Å². The molecular formula is C27H25N5O4. The monoisotopic (exact) mass is 483 g/mol. The molecule has 0 bridgehead atoms. The van der Waals surface area contributed by atoms with Gasteiger partial charge in [-0.2, -0.15) is 5.48 Å². The number of nitrogens with two attached hydrogens (primary N) is 1. The van der Waals surface area contributed by atoms with E-state index in [1.165, 1.54) is 0 Å². The third-order valence-corrected chi connectivity index (χ3v) is 4.66. The predicted molar refractivity (Wildman–Crippen MR) is 137 cm³/mol. The number of carbonyl (C=O) groups is 2. The standard InChI is InChI=1S/C27H25N5O4/c28-19-36-27(32-35)31-26(34)22-14-10-20(11-15-22)6-4-5-7-21-12-16-24(17-13-21)30-25(33)18-29-23-8-2-1-3-9-23/h1-3,8-17,27,29,32,35H,18-19,28H2,(H,30,33)(H,31,34)/t27-/m0/s1. The molecule has 7 N–H and O–H groups in total. The number of anilines is 2. The quantitative estimate of drug-likeness (QED) is 0.156. The van der Waals surface area contributed by atoms with E-state index < -0.39 is 12.3 Å². The van der Waals surface area contributed by atoms with Crippen LogP contribution in [0.15, 0.2) is 78.9 Å². The van der Waals surface area contributed by atoms with Crippen molar-refractivity contribution in [1.29, 1.82) is 0 Å². The number of amides is 2. The van der Waals surface area contributed by atoms with Crippen LogP contribution in [0.3, 0.4) is 0 Å². The third kappa shape index (κ3) is 8.61. The SMILES string of the molecule is NCO[C@H](NO)NC(=O)c1ccc(C#CC#Cc2ccc(NC(=O)CNc3ccccc3)cc2)cc1. The van der Waals surface area contributed by atoms with Crippen molar-refractivity contribution in [1.82, 2.24) is 10.8 Å². The molecule has 182 valence electrons. The molecule has 0 aliphatic heterocycles. The van der Waals surface area contributed by atoms with E-state index in [4.69, 9.17) is 15.7 Å². The number of hydrogen-bond donors (Lipinski definition) is 6. The Bertz CT molecular complexity index is 1270. The van der Waals surface area contributed by atoms with Crippen LogP contribution >= 0.6 is 0 Å². The van der Waals surface area contributed by atoms with E-state index in [1.54, 1.807) is 54.0 Å². The van der Waals surface area contributed by atoms with Crippen molar-refractivity contribution in [2.45, 2.75) is 6.35 Å². The number of hydrogen-bond acceptors (Lipinski definition) is 7. The number of benzene rings is 3. The molecule has 2 amide bonds. The normalized spacial score (nSPS) is 10.6. The summed E-state index contributed by atoms with van der Waals surface area (Å²) in [6.07, 6.45) is -1.11. The van der Waals surface area contributed by atoms with Crippen LogP contribution in [0.2, 0.25) is 0 Å². The molecule has 0 spiro atoms. The first kappa shape index (κ1) is 26.0. The van der Waals surface area contributed by atoms with E-state index in [1.807, 2.05) is 30.3 Å². The second-order valence-corrected chi connectivity index (χ2v) is 7.24. The molecule has 0 saturated carbocycles. The number of para-hydroxylation sites is 1. The minimum atomic E-state index is -1.11. The van der Waals surface area contributed by atoms with Crippen LogP contribution in [-0.2, 0) is 9.53 Å². The van der Waals surface area contributed by atoms with Crippen molar-refractivity contribution in [2.75, 3.05) is 23.9 Å². The molecule has 0 radical (unpaired) electrons. The van der Waals surface area contributed by atoms with Gasteiger partial charge in [-0.25, -0.2) is 0 Å². The van der Waals surface area contributed by atoms with Gasteiger partial charge in [0.2, 0.25) is 12.3 Å². The average Bonchev–Trinajstić information content (AvgIpc) is 2.91. The zero-order chi connectivity index (χ0) is 25.6. The minimum absolute atomic E-state index is 0.152. The largest absolute Gasteiger partial charge is 0.376 e. The molecule has 0 aliphatic carbocycles. The molecule has 0 aliphatic rings. The molecule has 0 saturated heterocycles. The van der Waals surface area contributed by atoms with Gasteiger partial charge in [0.15, 0.2) is 0 Å². The number of nitrogens with one attached hydrogen (secondary N) is 4. The lowest BCUT2D eigenvalue weighted by atomic mass is 10.1. The first-order valence-corrected chi connectivity index (χ1v) is 10.9. The Morgan fingerprint density at radius 2 is 1.47 bits per heavy atom. The highest BCUT2D eigenvalue weighted by Gasteiger charge is 2.12. The summed E-state index contributed by atoms with van der Waals surface area (Å²) in [4.78, 5) is 24.2. The zero-order valence-corrected chi connectivity index (χ0v) is 19.2. The Hall–Kier alpha value is -4.64. The van der Waals surface area contributed by atoms with Gasteiger partial charge >= 0.3 is 0 Å². The summed E-state index contributed by atoms with van der Waals surface area (Å²) in [7, 11) is 0. The van der Waals surface area contributed by atoms with Crippen LogP contribution in [0.25, 0.3) is 0 Å². The Morgan fingerprint density at radius 3 is 2.06 bits per heavy atom. The highest BCUT2D eigenvalue weighted by Crippen LogP contribution is 2.09. The summed E-state index contributed by atoms with van der Waals surface area (Å²) in [5, 5.41) is 17.2. The van der Waals surface area contributed by atoms with Crippen LogP contribution in [0.5, 0.6) is 0 Å². The van der Waals surface area contributed by atoms with Crippen molar-refractivity contribution in [3.8, 4) is 23.7 Å². The first-order valence-electron chi connectivity index (χ1n) is 10.9. The molecule has 9 nitrogen and oxygen atoms in total. The van der Waals surface area contributed by atoms with Gasteiger partial charge in [0.05, 0.1) is 13.3 Å². The molecule has 0 fully saturated rings. The summed E-state index contributed by atoms with van der Waals surface area (Å²) >= 11 is 0. The topological polar surface area (TPSA) is 138 Å². The van der Waals surface area contributed by atoms with Gasteiger partial charge in [-0.3, -0.25) is 9.59 Å². The number of rotatable bonds is 9. The summed E-state index contributed by atoms with van der Waals surface area (Å²) in [6.45, 7) is -0.0163. The van der Waals surface area contributed by atoms with Crippen LogP contribution in [0.1, 0.15) is 21.5 Å². The highest BCUT2D eigenvalue weighted by molar-refractivity contribution is 5.94. The number of ether oxygens (including phenoxy) is 1. The van der Waals surface area contributed by atoms with Crippen LogP contribution in [0.4, 0.5) is 11.4 Å². The molecular weight excluding hydrogens is 458 g/mol. The Balaban J connectivity index is 1.49. The van der Waals surface area contributed by atoms with Crippen molar-refractivity contribution in [3.05, 3.63) is 95.6 Å². The predicted octanol–water partition coefficient (Wildman–Crippen LogP) is 2.07. The third-order valence-electron chi connectivity index (χ3n) is 4.66. The maximum Gasteiger partial charge on any atom is 0.254 e. The minimum Gasteiger partial charge on any atom is -0.376 e. The molecule has 3 aromatic carbocycles. The van der Waals surface area contributed by atoms with Gasteiger partial charge in [-0.1, -0.05) is 30.0 Å². The molecule has 3 aromatic rings. The van der Waals surface area contributed by atoms with Gasteiger partial charge in [0.25, 0.3) is 5.91 Å². The second-order valence-electron chi connectivity index (χ2n) is 7.24. The Morgan fingerprint density at radius 1 is 0.861 bits per heavy atom. The van der Waals surface area contributed by atoms with E-state index in [0.717, 1.165) is 11.3 Å². The lowest BCUT2D eigenvalue weighted by molar-refractivity contribution is -0.114. The highest BCUT2D eigenvalue weighted by atomic mass is 16.6. The fourth-order valence-electron chi connectivity index (χ4n) is 2.90. The molecule has 36 heavy (non-hydrogen) atoms. The lowest BCUT2D eigenvalue weighted by Crippen LogP contribution is -2.46. The van der Waals surface area contributed by atoms with E-state index in [-0.39, 0.29) is 19.2 Å². The summed E-state index contributed by atoms with van der Waals surface area (Å²) in [5.74, 6) is 10.8. The van der Waals surface area contributed by atoms with E-state index in [2.05, 4.69) is 39.6 Å². The van der Waals surface area contributed by atoms with E-state index >= 15 is 0 Å². The first-order chi connectivity index (χ1) is 17.6. The summed E-state index contributed by atoms with van der Waals surface area (Å²) < 4.78 is 4.88. The van der Waals surface area contributed by atoms with Crippen molar-refractivity contribution >= 4 is 23.2 Å². The number of hydroxylamine groups is 1. The second kappa shape index (κ2) is 13.9. The fraction of sp³-hybridized carbons (Fsp3) is 0.111. The summed E-state index contributed by atoms with van der Waals surface area (Å²) in [6, 6.07) is 23.2. The van der Waals surface area contributed by atoms with Crippen LogP contribution in [-0.4, -0.2) is 36.6 Å². The smallest absolute Gasteiger partial charge is 0.254 e. The summed E-state index contributed by atoms with van der Waals surface area (Å²) in [5.41, 5.74) is 10.3. The van der Waals surface area contributed by atoms with Gasteiger partial charge in [0.1, 0.15) is 0 Å². The maximum absolute atomic E-state index is 12.1. The van der Waals surface area contributed by atoms with Gasteiger partial charge < -0.3 is 31.6 Å². The maximum atomic E-state index is 12.1. The molecule has 0 aromatic heterocycles. The van der Waals surface area contributed by atoms with Crippen LogP contribution < -0.4 is 27.2 Å². The lowest BCUT2D eigenvalue weighted by Gasteiger charge is -2.16. The molecule has 9 heteroatoms. The molecule has 0 unspecified atom stereocenters. The van der Waals surface area contributed by atoms with Crippen LogP contribution in [0, 0.1) is 23.7 Å². The van der Waals surface area contributed by atoms with Gasteiger partial charge in [0, 0.05) is 28.1 Å². The van der Waals surface area contributed by atoms with Crippen molar-refractivity contribution in [2.24, 2.45) is 5.73 Å². The average molecular weight is 484 g/mol. The fourth-order valence-corrected chi connectivity index (χ4v) is 2.90. The number of carbonyl (C=O) groups excluding carboxylic acids is 2. The Labute approximate surface area is 209 Å². The van der Waals surface area contributed by atoms with Gasteiger partial charge in [-0.05, 0) is 72.5 Å². The molecule has 3 rings (SSSR count). The molecule has 1 atom stereocenters. The zero-order valence-electron chi connectivity index (χ0n) is 19.2. The van der Waals surface area contributed by atoms with Crippen molar-refractivity contribution in [3.63, 3.8) is 0 Å².